The quantitative estimate of drug-likeness (QED) is 0.764. The van der Waals surface area contributed by atoms with E-state index in [4.69, 9.17) is 0 Å². The monoisotopic (exact) mass is 239 g/mol. The summed E-state index contributed by atoms with van der Waals surface area (Å²) in [6.07, 6.45) is 1.23. The summed E-state index contributed by atoms with van der Waals surface area (Å²) in [5.41, 5.74) is 0. The Bertz CT molecular complexity index is 278. The SMILES string of the molecule is CC(C(=O)N(C)CC1CCN(C)C1)C1CNC1. The molecule has 4 heteroatoms. The molecule has 0 aromatic heterocycles. The number of nitrogens with one attached hydrogen (secondary N) is 1. The lowest BCUT2D eigenvalue weighted by Crippen LogP contribution is -2.50. The number of nitrogens with zero attached hydrogens (tertiary/aromatic N) is 2. The Labute approximate surface area is 104 Å². The summed E-state index contributed by atoms with van der Waals surface area (Å²) in [6.45, 7) is 7.32. The molecular formula is C13H25N3O. The van der Waals surface area contributed by atoms with E-state index in [1.54, 1.807) is 0 Å². The molecule has 4 nitrogen and oxygen atoms in total. The van der Waals surface area contributed by atoms with Gasteiger partial charge in [-0.2, -0.15) is 0 Å². The van der Waals surface area contributed by atoms with Crippen molar-refractivity contribution in [2.45, 2.75) is 13.3 Å². The van der Waals surface area contributed by atoms with Crippen molar-refractivity contribution in [2.24, 2.45) is 17.8 Å². The smallest absolute Gasteiger partial charge is 0.225 e. The Morgan fingerprint density at radius 3 is 2.71 bits per heavy atom. The zero-order valence-corrected chi connectivity index (χ0v) is 11.3. The van der Waals surface area contributed by atoms with Gasteiger partial charge in [0.2, 0.25) is 5.91 Å². The summed E-state index contributed by atoms with van der Waals surface area (Å²) in [4.78, 5) is 16.5. The number of rotatable bonds is 4. The van der Waals surface area contributed by atoms with E-state index in [1.807, 2.05) is 11.9 Å². The molecule has 2 aliphatic heterocycles. The fourth-order valence-electron chi connectivity index (χ4n) is 2.87. The predicted molar refractivity (Wildman–Crippen MR) is 68.8 cm³/mol. The lowest BCUT2D eigenvalue weighted by molar-refractivity contribution is -0.136. The third-order valence-corrected chi connectivity index (χ3v) is 4.31. The summed E-state index contributed by atoms with van der Waals surface area (Å²) < 4.78 is 0. The van der Waals surface area contributed by atoms with Crippen LogP contribution in [0.5, 0.6) is 0 Å². The maximum absolute atomic E-state index is 12.2. The molecule has 2 aliphatic rings. The molecule has 0 spiro atoms. The first-order valence-electron chi connectivity index (χ1n) is 6.72. The molecule has 2 heterocycles. The van der Waals surface area contributed by atoms with Gasteiger partial charge in [-0.25, -0.2) is 0 Å². The molecule has 1 amide bonds. The van der Waals surface area contributed by atoms with Crippen LogP contribution in [-0.2, 0) is 4.79 Å². The minimum atomic E-state index is 0.181. The molecule has 2 unspecified atom stereocenters. The van der Waals surface area contributed by atoms with E-state index in [0.29, 0.717) is 17.7 Å². The maximum atomic E-state index is 12.2. The van der Waals surface area contributed by atoms with E-state index in [2.05, 4.69) is 24.2 Å². The van der Waals surface area contributed by atoms with E-state index in [9.17, 15) is 4.79 Å². The molecule has 0 aromatic carbocycles. The summed E-state index contributed by atoms with van der Waals surface area (Å²) in [6, 6.07) is 0. The highest BCUT2D eigenvalue weighted by Crippen LogP contribution is 2.20. The van der Waals surface area contributed by atoms with Crippen LogP contribution in [0.2, 0.25) is 0 Å². The molecule has 0 radical (unpaired) electrons. The van der Waals surface area contributed by atoms with Crippen LogP contribution in [0.1, 0.15) is 13.3 Å². The first-order valence-corrected chi connectivity index (χ1v) is 6.72. The molecule has 98 valence electrons. The third kappa shape index (κ3) is 2.99. The van der Waals surface area contributed by atoms with Gasteiger partial charge >= 0.3 is 0 Å². The first kappa shape index (κ1) is 12.8. The van der Waals surface area contributed by atoms with Gasteiger partial charge in [-0.05, 0) is 44.9 Å². The number of hydrogen-bond donors (Lipinski definition) is 1. The van der Waals surface area contributed by atoms with Crippen molar-refractivity contribution in [1.82, 2.24) is 15.1 Å². The average Bonchev–Trinajstić information content (AvgIpc) is 2.60. The highest BCUT2D eigenvalue weighted by molar-refractivity contribution is 5.78. The summed E-state index contributed by atoms with van der Waals surface area (Å²) in [5, 5.41) is 3.24. The van der Waals surface area contributed by atoms with Crippen LogP contribution in [0.15, 0.2) is 0 Å². The van der Waals surface area contributed by atoms with Crippen LogP contribution in [0.4, 0.5) is 0 Å². The Morgan fingerprint density at radius 2 is 2.24 bits per heavy atom. The van der Waals surface area contributed by atoms with Crippen molar-refractivity contribution >= 4 is 5.91 Å². The van der Waals surface area contributed by atoms with Crippen molar-refractivity contribution in [3.8, 4) is 0 Å². The Balaban J connectivity index is 1.78. The van der Waals surface area contributed by atoms with Gasteiger partial charge in [0.25, 0.3) is 0 Å². The maximum Gasteiger partial charge on any atom is 0.225 e. The van der Waals surface area contributed by atoms with Crippen molar-refractivity contribution in [2.75, 3.05) is 46.8 Å². The highest BCUT2D eigenvalue weighted by atomic mass is 16.2. The van der Waals surface area contributed by atoms with Crippen LogP contribution in [0, 0.1) is 17.8 Å². The van der Waals surface area contributed by atoms with Gasteiger partial charge in [0, 0.05) is 26.1 Å². The zero-order valence-electron chi connectivity index (χ0n) is 11.3. The van der Waals surface area contributed by atoms with E-state index in [0.717, 1.165) is 26.2 Å². The van der Waals surface area contributed by atoms with Gasteiger partial charge in [-0.1, -0.05) is 6.92 Å². The third-order valence-electron chi connectivity index (χ3n) is 4.31. The number of amides is 1. The van der Waals surface area contributed by atoms with E-state index in [-0.39, 0.29) is 5.92 Å². The topological polar surface area (TPSA) is 35.6 Å². The highest BCUT2D eigenvalue weighted by Gasteiger charge is 2.31. The second-order valence-electron chi connectivity index (χ2n) is 5.84. The number of carbonyl (C=O) groups excluding carboxylic acids is 1. The Hall–Kier alpha value is -0.610. The van der Waals surface area contributed by atoms with Crippen LogP contribution in [0.3, 0.4) is 0 Å². The van der Waals surface area contributed by atoms with Crippen molar-refractivity contribution in [3.05, 3.63) is 0 Å². The van der Waals surface area contributed by atoms with Gasteiger partial charge in [0.1, 0.15) is 0 Å². The molecule has 17 heavy (non-hydrogen) atoms. The van der Waals surface area contributed by atoms with Crippen LogP contribution >= 0.6 is 0 Å². The Morgan fingerprint density at radius 1 is 1.53 bits per heavy atom. The predicted octanol–water partition coefficient (Wildman–Crippen LogP) is 0.252. The molecule has 2 atom stereocenters. The summed E-state index contributed by atoms with van der Waals surface area (Å²) in [7, 11) is 4.12. The first-order chi connectivity index (χ1) is 8.08. The van der Waals surface area contributed by atoms with Gasteiger partial charge in [-0.3, -0.25) is 4.79 Å². The molecule has 0 aromatic rings. The molecular weight excluding hydrogens is 214 g/mol. The largest absolute Gasteiger partial charge is 0.345 e. The molecule has 2 saturated heterocycles. The normalized spacial score (nSPS) is 27.8. The fourth-order valence-corrected chi connectivity index (χ4v) is 2.87. The van der Waals surface area contributed by atoms with Crippen LogP contribution < -0.4 is 5.32 Å². The fraction of sp³-hybridized carbons (Fsp3) is 0.923. The minimum absolute atomic E-state index is 0.181. The average molecular weight is 239 g/mol. The van der Waals surface area contributed by atoms with Crippen LogP contribution in [-0.4, -0.2) is 62.5 Å². The van der Waals surface area contributed by atoms with Gasteiger partial charge in [0.05, 0.1) is 0 Å². The standard InChI is InChI=1S/C13H25N3O/c1-10(12-6-14-7-12)13(17)16(3)9-11-4-5-15(2)8-11/h10-12,14H,4-9H2,1-3H3. The zero-order chi connectivity index (χ0) is 12.4. The lowest BCUT2D eigenvalue weighted by Gasteiger charge is -2.34. The summed E-state index contributed by atoms with van der Waals surface area (Å²) in [5.74, 6) is 1.73. The molecule has 0 saturated carbocycles. The number of likely N-dealkylation sites (tertiary alicyclic amines) is 1. The van der Waals surface area contributed by atoms with Crippen molar-refractivity contribution in [3.63, 3.8) is 0 Å². The second-order valence-corrected chi connectivity index (χ2v) is 5.84. The minimum Gasteiger partial charge on any atom is -0.345 e. The molecule has 0 bridgehead atoms. The van der Waals surface area contributed by atoms with E-state index < -0.39 is 0 Å². The van der Waals surface area contributed by atoms with Crippen molar-refractivity contribution < 1.29 is 4.79 Å². The Kier molecular flexibility index (Phi) is 4.05. The van der Waals surface area contributed by atoms with Gasteiger partial charge in [0.15, 0.2) is 0 Å². The molecule has 1 N–H and O–H groups in total. The van der Waals surface area contributed by atoms with E-state index >= 15 is 0 Å². The lowest BCUT2D eigenvalue weighted by atomic mass is 9.88. The van der Waals surface area contributed by atoms with E-state index in [1.165, 1.54) is 13.0 Å². The van der Waals surface area contributed by atoms with Gasteiger partial charge in [-0.15, -0.1) is 0 Å². The molecule has 0 aliphatic carbocycles. The number of hydrogen-bond acceptors (Lipinski definition) is 3. The number of carbonyl (C=O) groups is 1. The van der Waals surface area contributed by atoms with Crippen molar-refractivity contribution in [1.29, 1.82) is 0 Å². The second kappa shape index (κ2) is 5.36. The molecule has 2 fully saturated rings. The van der Waals surface area contributed by atoms with Gasteiger partial charge < -0.3 is 15.1 Å². The molecule has 2 rings (SSSR count). The van der Waals surface area contributed by atoms with Crippen LogP contribution in [0.25, 0.3) is 0 Å². The summed E-state index contributed by atoms with van der Waals surface area (Å²) >= 11 is 0.